The third kappa shape index (κ3) is 3.79. The first-order chi connectivity index (χ1) is 10.2. The van der Waals surface area contributed by atoms with Crippen molar-refractivity contribution in [2.45, 2.75) is 20.8 Å². The van der Waals surface area contributed by atoms with E-state index in [1.165, 1.54) is 0 Å². The van der Waals surface area contributed by atoms with Crippen molar-refractivity contribution in [1.29, 1.82) is 0 Å². The minimum absolute atomic E-state index is 0.00325. The molecule has 0 atom stereocenters. The van der Waals surface area contributed by atoms with Gasteiger partial charge in [-0.2, -0.15) is 0 Å². The molecule has 0 saturated heterocycles. The van der Waals surface area contributed by atoms with E-state index in [4.69, 9.17) is 0 Å². The normalized spacial score (nSPS) is 17.0. The highest BCUT2D eigenvalue weighted by Gasteiger charge is 2.27. The molecule has 1 heterocycles. The number of likely N-dealkylation sites (N-methyl/N-ethyl adjacent to an activating group) is 1. The molecule has 0 N–H and O–H groups in total. The summed E-state index contributed by atoms with van der Waals surface area (Å²) in [5.74, 6) is 0.790. The third-order valence-electron chi connectivity index (χ3n) is 3.77. The summed E-state index contributed by atoms with van der Waals surface area (Å²) in [5.41, 5.74) is 1.53. The number of carbonyl (C=O) groups excluding carboxylic acids is 1. The molecule has 1 amide bonds. The predicted octanol–water partition coefficient (Wildman–Crippen LogP) is 2.63. The maximum Gasteiger partial charge on any atom is 0.277 e. The highest BCUT2D eigenvalue weighted by atomic mass is 16.2. The maximum atomic E-state index is 12.4. The lowest BCUT2D eigenvalue weighted by molar-refractivity contribution is -0.122. The van der Waals surface area contributed by atoms with Crippen molar-refractivity contribution in [2.24, 2.45) is 4.99 Å². The summed E-state index contributed by atoms with van der Waals surface area (Å²) in [4.78, 5) is 20.9. The molecule has 0 aliphatic carbocycles. The van der Waals surface area contributed by atoms with Gasteiger partial charge in [0.15, 0.2) is 0 Å². The number of amides is 1. The quantitative estimate of drug-likeness (QED) is 0.753. The Morgan fingerprint density at radius 1 is 1.19 bits per heavy atom. The number of benzene rings is 1. The molecule has 21 heavy (non-hydrogen) atoms. The second-order valence-corrected chi connectivity index (χ2v) is 5.08. The van der Waals surface area contributed by atoms with Crippen molar-refractivity contribution in [3.8, 4) is 0 Å². The molecule has 4 nitrogen and oxygen atoms in total. The monoisotopic (exact) mass is 285 g/mol. The number of hydrogen-bond acceptors (Lipinski definition) is 3. The molecule has 0 saturated carbocycles. The molecule has 1 aromatic carbocycles. The van der Waals surface area contributed by atoms with Crippen molar-refractivity contribution in [3.63, 3.8) is 0 Å². The number of hydrogen-bond donors (Lipinski definition) is 0. The van der Waals surface area contributed by atoms with E-state index in [0.717, 1.165) is 31.0 Å². The fourth-order valence-corrected chi connectivity index (χ4v) is 2.41. The van der Waals surface area contributed by atoms with Crippen molar-refractivity contribution in [1.82, 2.24) is 9.80 Å². The zero-order chi connectivity index (χ0) is 15.2. The van der Waals surface area contributed by atoms with Crippen LogP contribution >= 0.6 is 0 Å². The van der Waals surface area contributed by atoms with Crippen molar-refractivity contribution in [3.05, 3.63) is 41.6 Å². The first-order valence-electron chi connectivity index (χ1n) is 7.52. The molecule has 0 bridgehead atoms. The van der Waals surface area contributed by atoms with Crippen molar-refractivity contribution in [2.75, 3.05) is 26.2 Å². The van der Waals surface area contributed by atoms with Crippen LogP contribution in [0.5, 0.6) is 0 Å². The van der Waals surface area contributed by atoms with E-state index in [9.17, 15) is 4.79 Å². The molecule has 1 aliphatic rings. The fourth-order valence-electron chi connectivity index (χ4n) is 2.41. The van der Waals surface area contributed by atoms with Crippen LogP contribution in [0.4, 0.5) is 0 Å². The van der Waals surface area contributed by atoms with Gasteiger partial charge in [0, 0.05) is 13.1 Å². The highest BCUT2D eigenvalue weighted by Crippen LogP contribution is 2.18. The van der Waals surface area contributed by atoms with Gasteiger partial charge in [0.2, 0.25) is 0 Å². The Kier molecular flexibility index (Phi) is 5.28. The van der Waals surface area contributed by atoms with Gasteiger partial charge in [-0.15, -0.1) is 0 Å². The van der Waals surface area contributed by atoms with Gasteiger partial charge in [0.25, 0.3) is 5.91 Å². The summed E-state index contributed by atoms with van der Waals surface area (Å²) in [6.45, 7) is 9.75. The zero-order valence-corrected chi connectivity index (χ0v) is 13.0. The van der Waals surface area contributed by atoms with E-state index in [2.05, 4.69) is 23.7 Å². The number of rotatable bonds is 6. The Hall–Kier alpha value is -1.94. The van der Waals surface area contributed by atoms with Gasteiger partial charge in [-0.3, -0.25) is 9.69 Å². The minimum atomic E-state index is 0.00325. The average Bonchev–Trinajstić information content (AvgIpc) is 2.76. The van der Waals surface area contributed by atoms with Crippen molar-refractivity contribution >= 4 is 17.8 Å². The van der Waals surface area contributed by atoms with E-state index in [-0.39, 0.29) is 5.91 Å². The predicted molar refractivity (Wildman–Crippen MR) is 87.0 cm³/mol. The second-order valence-electron chi connectivity index (χ2n) is 5.08. The molecule has 1 aliphatic heterocycles. The van der Waals surface area contributed by atoms with E-state index >= 15 is 0 Å². The first kappa shape index (κ1) is 15.4. The summed E-state index contributed by atoms with van der Waals surface area (Å²) in [7, 11) is 0. The van der Waals surface area contributed by atoms with Gasteiger partial charge in [-0.25, -0.2) is 4.99 Å². The summed E-state index contributed by atoms with van der Waals surface area (Å²) >= 11 is 0. The Bertz CT molecular complexity index is 544. The van der Waals surface area contributed by atoms with Crippen LogP contribution in [0.2, 0.25) is 0 Å². The van der Waals surface area contributed by atoms with Crippen molar-refractivity contribution < 1.29 is 4.79 Å². The number of nitrogens with zero attached hydrogens (tertiary/aromatic N) is 3. The summed E-state index contributed by atoms with van der Waals surface area (Å²) in [5, 5.41) is 0. The molecule has 0 unspecified atom stereocenters. The Balaban J connectivity index is 2.06. The van der Waals surface area contributed by atoms with E-state index in [1.807, 2.05) is 43.3 Å². The molecule has 0 radical (unpaired) electrons. The molecule has 0 spiro atoms. The van der Waals surface area contributed by atoms with E-state index in [1.54, 1.807) is 4.90 Å². The van der Waals surface area contributed by atoms with Crippen LogP contribution in [0.3, 0.4) is 0 Å². The van der Waals surface area contributed by atoms with Gasteiger partial charge in [-0.1, -0.05) is 44.2 Å². The highest BCUT2D eigenvalue weighted by molar-refractivity contribution is 6.13. The molecule has 112 valence electrons. The molecular weight excluding hydrogens is 262 g/mol. The maximum absolute atomic E-state index is 12.4. The minimum Gasteiger partial charge on any atom is -0.302 e. The second kappa shape index (κ2) is 7.18. The SMILES string of the molecule is CCN(CC)CCN1C(=O)/C(=C/c2ccccc2)N=C1C. The Morgan fingerprint density at radius 3 is 2.48 bits per heavy atom. The van der Waals surface area contributed by atoms with Crippen LogP contribution in [0.15, 0.2) is 41.0 Å². The van der Waals surface area contributed by atoms with Gasteiger partial charge in [-0.05, 0) is 31.7 Å². The summed E-state index contributed by atoms with van der Waals surface area (Å²) in [6, 6.07) is 9.83. The topological polar surface area (TPSA) is 35.9 Å². The summed E-state index contributed by atoms with van der Waals surface area (Å²) in [6.07, 6.45) is 1.85. The molecule has 0 fully saturated rings. The van der Waals surface area contributed by atoms with Gasteiger partial charge in [0.05, 0.1) is 0 Å². The van der Waals surface area contributed by atoms with E-state index in [0.29, 0.717) is 12.2 Å². The number of carbonyl (C=O) groups is 1. The molecular formula is C17H23N3O. The van der Waals surface area contributed by atoms with Crippen LogP contribution in [0, 0.1) is 0 Å². The van der Waals surface area contributed by atoms with Crippen LogP contribution in [-0.2, 0) is 4.79 Å². The largest absolute Gasteiger partial charge is 0.302 e. The first-order valence-corrected chi connectivity index (χ1v) is 7.52. The van der Waals surface area contributed by atoms with Gasteiger partial charge >= 0.3 is 0 Å². The van der Waals surface area contributed by atoms with Gasteiger partial charge < -0.3 is 4.90 Å². The number of aliphatic imine (C=N–C) groups is 1. The lowest BCUT2D eigenvalue weighted by Crippen LogP contribution is -2.38. The van der Waals surface area contributed by atoms with Crippen LogP contribution in [-0.4, -0.2) is 47.7 Å². The Morgan fingerprint density at radius 2 is 1.86 bits per heavy atom. The Labute approximate surface area is 126 Å². The standard InChI is InChI=1S/C17H23N3O/c1-4-19(5-2)11-12-20-14(3)18-16(17(20)21)13-15-9-7-6-8-10-15/h6-10,13H,4-5,11-12H2,1-3H3/b16-13-. The smallest absolute Gasteiger partial charge is 0.277 e. The van der Waals surface area contributed by atoms with Gasteiger partial charge in [0.1, 0.15) is 11.5 Å². The third-order valence-corrected chi connectivity index (χ3v) is 3.77. The van der Waals surface area contributed by atoms with Crippen LogP contribution in [0.1, 0.15) is 26.3 Å². The zero-order valence-electron chi connectivity index (χ0n) is 13.0. The lowest BCUT2D eigenvalue weighted by Gasteiger charge is -2.22. The average molecular weight is 285 g/mol. The molecule has 4 heteroatoms. The molecule has 0 aromatic heterocycles. The van der Waals surface area contributed by atoms with E-state index < -0.39 is 0 Å². The molecule has 1 aromatic rings. The number of amidine groups is 1. The lowest BCUT2D eigenvalue weighted by atomic mass is 10.2. The van der Waals surface area contributed by atoms with Crippen LogP contribution in [0.25, 0.3) is 6.08 Å². The molecule has 2 rings (SSSR count). The fraction of sp³-hybridized carbons (Fsp3) is 0.412. The summed E-state index contributed by atoms with van der Waals surface area (Å²) < 4.78 is 0. The van der Waals surface area contributed by atoms with Crippen LogP contribution < -0.4 is 0 Å².